The molecule has 0 spiro atoms. The van der Waals surface area contributed by atoms with Gasteiger partial charge < -0.3 is 14.7 Å². The van der Waals surface area contributed by atoms with Crippen LogP contribution < -0.4 is 11.0 Å². The Hall–Kier alpha value is -0.360. The quantitative estimate of drug-likeness (QED) is 0.265. The van der Waals surface area contributed by atoms with E-state index in [1.807, 2.05) is 0 Å². The molecule has 0 amide bonds. The first-order chi connectivity index (χ1) is 3.18. The number of carbonyl (C=O) groups excluding carboxylic acids is 2. The smallest absolute Gasteiger partial charge is 0.539 e. The summed E-state index contributed by atoms with van der Waals surface area (Å²) < 4.78 is 0. The standard InChI is InChI=1S/C2H3NO4.Ag/c3-7-2(6)1(4)5;/h3H2,(H,4,5);/q;+1/p-1. The Morgan fingerprint density at radius 1 is 1.50 bits per heavy atom. The summed E-state index contributed by atoms with van der Waals surface area (Å²) in [6, 6.07) is 0. The van der Waals surface area contributed by atoms with Gasteiger partial charge in [-0.3, -0.25) is 0 Å². The largest absolute Gasteiger partial charge is 1.00 e. The van der Waals surface area contributed by atoms with Crippen LogP contribution >= 0.6 is 0 Å². The van der Waals surface area contributed by atoms with Gasteiger partial charge in [0.15, 0.2) is 5.97 Å². The number of carboxylic acid groups (broad SMARTS) is 1. The molecule has 0 radical (unpaired) electrons. The van der Waals surface area contributed by atoms with E-state index in [1.165, 1.54) is 0 Å². The van der Waals surface area contributed by atoms with Crippen molar-refractivity contribution in [1.82, 2.24) is 0 Å². The van der Waals surface area contributed by atoms with Gasteiger partial charge in [-0.15, -0.1) is 0 Å². The number of rotatable bonds is 0. The van der Waals surface area contributed by atoms with Gasteiger partial charge in [0.25, 0.3) is 0 Å². The van der Waals surface area contributed by atoms with Crippen molar-refractivity contribution in [3.8, 4) is 0 Å². The molecule has 0 aliphatic heterocycles. The van der Waals surface area contributed by atoms with Crippen molar-refractivity contribution < 1.29 is 41.9 Å². The molecule has 0 aromatic heterocycles. The Bertz CT molecular complexity index is 102. The first-order valence-electron chi connectivity index (χ1n) is 1.30. The maximum atomic E-state index is 9.50. The molecule has 0 heterocycles. The van der Waals surface area contributed by atoms with Gasteiger partial charge in [0.1, 0.15) is 0 Å². The molecule has 0 saturated heterocycles. The first kappa shape index (κ1) is 10.6. The predicted molar refractivity (Wildman–Crippen MR) is 15.3 cm³/mol. The van der Waals surface area contributed by atoms with Gasteiger partial charge in [-0.05, 0) is 0 Å². The number of hydrogen-bond acceptors (Lipinski definition) is 5. The Morgan fingerprint density at radius 2 is 1.88 bits per heavy atom. The topological polar surface area (TPSA) is 92.5 Å². The molecule has 0 unspecified atom stereocenters. The van der Waals surface area contributed by atoms with Crippen LogP contribution in [0.15, 0.2) is 0 Å². The summed E-state index contributed by atoms with van der Waals surface area (Å²) in [5.41, 5.74) is 0. The van der Waals surface area contributed by atoms with Gasteiger partial charge in [0.05, 0.1) is 0 Å². The van der Waals surface area contributed by atoms with E-state index >= 15 is 0 Å². The molecular weight excluding hydrogens is 210 g/mol. The zero-order chi connectivity index (χ0) is 5.86. The normalized spacial score (nSPS) is 6.62. The van der Waals surface area contributed by atoms with Crippen LogP contribution in [-0.2, 0) is 36.8 Å². The van der Waals surface area contributed by atoms with E-state index in [0.717, 1.165) is 0 Å². The van der Waals surface area contributed by atoms with E-state index in [-0.39, 0.29) is 22.4 Å². The third-order valence-corrected chi connectivity index (χ3v) is 0.274. The predicted octanol–water partition coefficient (Wildman–Crippen LogP) is -2.85. The Labute approximate surface area is 60.3 Å². The van der Waals surface area contributed by atoms with Crippen molar-refractivity contribution in [1.29, 1.82) is 0 Å². The molecule has 5 nitrogen and oxygen atoms in total. The van der Waals surface area contributed by atoms with E-state index in [0.29, 0.717) is 0 Å². The minimum Gasteiger partial charge on any atom is -0.539 e. The van der Waals surface area contributed by atoms with Crippen LogP contribution in [0.25, 0.3) is 0 Å². The molecule has 0 aliphatic carbocycles. The Morgan fingerprint density at radius 3 is 1.88 bits per heavy atom. The van der Waals surface area contributed by atoms with E-state index < -0.39 is 11.9 Å². The van der Waals surface area contributed by atoms with Crippen LogP contribution in [0.5, 0.6) is 0 Å². The molecule has 6 heteroatoms. The summed E-state index contributed by atoms with van der Waals surface area (Å²) in [7, 11) is 0. The number of hydrogen-bond donors (Lipinski definition) is 1. The molecule has 0 aromatic rings. The summed E-state index contributed by atoms with van der Waals surface area (Å²) in [6.07, 6.45) is 0. The summed E-state index contributed by atoms with van der Waals surface area (Å²) in [5.74, 6) is 0.591. The third-order valence-electron chi connectivity index (χ3n) is 0.274. The van der Waals surface area contributed by atoms with Crippen LogP contribution in [0.3, 0.4) is 0 Å². The van der Waals surface area contributed by atoms with Gasteiger partial charge in [0.2, 0.25) is 0 Å². The van der Waals surface area contributed by atoms with Gasteiger partial charge in [-0.25, -0.2) is 4.79 Å². The SMILES string of the molecule is NOC(=O)C(=O)[O-].[Ag+]. The van der Waals surface area contributed by atoms with Gasteiger partial charge in [0, 0.05) is 0 Å². The second kappa shape index (κ2) is 4.79. The average Bonchev–Trinajstić information content (AvgIpc) is 1.65. The van der Waals surface area contributed by atoms with Crippen molar-refractivity contribution in [2.45, 2.75) is 0 Å². The summed E-state index contributed by atoms with van der Waals surface area (Å²) in [6.45, 7) is 0. The van der Waals surface area contributed by atoms with Crippen molar-refractivity contribution in [3.05, 3.63) is 0 Å². The molecule has 0 atom stereocenters. The van der Waals surface area contributed by atoms with E-state index in [9.17, 15) is 14.7 Å². The molecule has 0 rings (SSSR count). The van der Waals surface area contributed by atoms with Crippen molar-refractivity contribution in [2.75, 3.05) is 0 Å². The van der Waals surface area contributed by atoms with Crippen LogP contribution in [0, 0.1) is 0 Å². The first-order valence-corrected chi connectivity index (χ1v) is 1.30. The summed E-state index contributed by atoms with van der Waals surface area (Å²) in [4.78, 5) is 22.0. The monoisotopic (exact) mass is 211 g/mol. The zero-order valence-corrected chi connectivity index (χ0v) is 4.99. The fraction of sp³-hybridized carbons (Fsp3) is 0. The molecule has 0 aliphatic rings. The second-order valence-corrected chi connectivity index (χ2v) is 0.693. The maximum absolute atomic E-state index is 9.50. The number of nitrogens with two attached hydrogens (primary N) is 1. The van der Waals surface area contributed by atoms with Crippen LogP contribution in [0.4, 0.5) is 0 Å². The maximum Gasteiger partial charge on any atom is 1.00 e. The van der Waals surface area contributed by atoms with E-state index in [2.05, 4.69) is 10.7 Å². The zero-order valence-electron chi connectivity index (χ0n) is 3.51. The molecule has 2 N–H and O–H groups in total. The Balaban J connectivity index is 0. The molecule has 8 heavy (non-hydrogen) atoms. The number of aliphatic carboxylic acids is 1. The van der Waals surface area contributed by atoms with Gasteiger partial charge in [-0.1, -0.05) is 0 Å². The fourth-order valence-corrected chi connectivity index (χ4v) is 0.0481. The summed E-state index contributed by atoms with van der Waals surface area (Å²) in [5, 5.41) is 9.26. The van der Waals surface area contributed by atoms with Crippen molar-refractivity contribution in [3.63, 3.8) is 0 Å². The van der Waals surface area contributed by atoms with Crippen molar-refractivity contribution >= 4 is 11.9 Å². The van der Waals surface area contributed by atoms with E-state index in [1.54, 1.807) is 0 Å². The average molecular weight is 212 g/mol. The molecular formula is C2H2AgNO4. The Kier molecular flexibility index (Phi) is 6.34. The van der Waals surface area contributed by atoms with Crippen molar-refractivity contribution in [2.24, 2.45) is 5.90 Å². The minimum absolute atomic E-state index is 0. The minimum atomic E-state index is -1.94. The van der Waals surface area contributed by atoms with E-state index in [4.69, 9.17) is 0 Å². The number of carboxylic acids is 1. The van der Waals surface area contributed by atoms with Crippen LogP contribution in [-0.4, -0.2) is 11.9 Å². The number of carbonyl (C=O) groups is 2. The summed E-state index contributed by atoms with van der Waals surface area (Å²) >= 11 is 0. The van der Waals surface area contributed by atoms with Gasteiger partial charge in [-0.2, -0.15) is 5.90 Å². The third kappa shape index (κ3) is 3.82. The fourth-order valence-electron chi connectivity index (χ4n) is 0.0481. The molecule has 0 bridgehead atoms. The molecule has 50 valence electrons. The molecule has 0 aromatic carbocycles. The molecule has 0 fully saturated rings. The van der Waals surface area contributed by atoms with Gasteiger partial charge >= 0.3 is 28.3 Å². The van der Waals surface area contributed by atoms with Crippen LogP contribution in [0.1, 0.15) is 0 Å². The second-order valence-electron chi connectivity index (χ2n) is 0.693. The molecule has 0 saturated carbocycles. The van der Waals surface area contributed by atoms with Crippen LogP contribution in [0.2, 0.25) is 0 Å².